The topological polar surface area (TPSA) is 74.3 Å². The van der Waals surface area contributed by atoms with Gasteiger partial charge in [0.1, 0.15) is 0 Å². The number of amides is 2. The molecule has 0 atom stereocenters. The molecule has 2 amide bonds. The molecule has 4 rings (SSSR count). The Hall–Kier alpha value is -3.19. The molecule has 0 bridgehead atoms. The number of piperidine rings is 1. The van der Waals surface area contributed by atoms with Gasteiger partial charge in [0, 0.05) is 47.9 Å². The molecule has 0 unspecified atom stereocenters. The van der Waals surface area contributed by atoms with Crippen LogP contribution in [0.2, 0.25) is 0 Å². The molecule has 32 heavy (non-hydrogen) atoms. The number of pyridine rings is 1. The third kappa shape index (κ3) is 5.34. The van der Waals surface area contributed by atoms with Gasteiger partial charge in [0.2, 0.25) is 0 Å². The Kier molecular flexibility index (Phi) is 7.17. The molecule has 0 radical (unpaired) electrons. The number of hydrogen-bond donors (Lipinski definition) is 2. The summed E-state index contributed by atoms with van der Waals surface area (Å²) >= 11 is 3.42. The molecule has 1 aliphatic heterocycles. The Balaban J connectivity index is 1.58. The van der Waals surface area contributed by atoms with Crippen molar-refractivity contribution >= 4 is 39.1 Å². The van der Waals surface area contributed by atoms with E-state index in [2.05, 4.69) is 36.4 Å². The van der Waals surface area contributed by atoms with Crippen molar-refractivity contribution in [1.29, 1.82) is 0 Å². The maximum atomic E-state index is 13.2. The van der Waals surface area contributed by atoms with E-state index < -0.39 is 0 Å². The van der Waals surface area contributed by atoms with Gasteiger partial charge in [0.15, 0.2) is 0 Å². The summed E-state index contributed by atoms with van der Waals surface area (Å²) in [5.74, 6) is -0.406. The second kappa shape index (κ2) is 10.4. The Morgan fingerprint density at radius 2 is 1.75 bits per heavy atom. The van der Waals surface area contributed by atoms with Gasteiger partial charge < -0.3 is 15.5 Å². The lowest BCUT2D eigenvalue weighted by Crippen LogP contribution is -2.32. The molecule has 6 nitrogen and oxygen atoms in total. The molecule has 1 saturated heterocycles. The van der Waals surface area contributed by atoms with Crippen LogP contribution in [0.3, 0.4) is 0 Å². The Morgan fingerprint density at radius 1 is 0.938 bits per heavy atom. The Bertz CT molecular complexity index is 1100. The van der Waals surface area contributed by atoms with Gasteiger partial charge in [0.25, 0.3) is 11.8 Å². The molecule has 0 aliphatic carbocycles. The first-order chi connectivity index (χ1) is 15.6. The smallest absolute Gasteiger partial charge is 0.256 e. The number of hydrogen-bond acceptors (Lipinski definition) is 4. The number of rotatable bonds is 6. The fraction of sp³-hybridized carbons (Fsp3) is 0.240. The van der Waals surface area contributed by atoms with Gasteiger partial charge in [-0.3, -0.25) is 14.6 Å². The van der Waals surface area contributed by atoms with Crippen molar-refractivity contribution in [2.24, 2.45) is 0 Å². The zero-order valence-corrected chi connectivity index (χ0v) is 19.3. The number of carbonyl (C=O) groups excluding carboxylic acids is 2. The lowest BCUT2D eigenvalue weighted by Gasteiger charge is -2.30. The Labute approximate surface area is 196 Å². The van der Waals surface area contributed by atoms with Crippen molar-refractivity contribution in [2.45, 2.75) is 25.8 Å². The van der Waals surface area contributed by atoms with Gasteiger partial charge in [-0.1, -0.05) is 18.2 Å². The predicted molar refractivity (Wildman–Crippen MR) is 130 cm³/mol. The molecule has 2 aromatic carbocycles. The number of halogens is 1. The first-order valence-corrected chi connectivity index (χ1v) is 11.5. The van der Waals surface area contributed by atoms with Crippen LogP contribution in [-0.4, -0.2) is 29.9 Å². The third-order valence-corrected chi connectivity index (χ3v) is 6.18. The SMILES string of the molecule is O=C(Nc1ccc(N2CCCCC2)c(C(=O)NCc2cccnc2)c1)c1ccccc1Br. The summed E-state index contributed by atoms with van der Waals surface area (Å²) in [6, 6.07) is 16.6. The van der Waals surface area contributed by atoms with Crippen molar-refractivity contribution in [2.75, 3.05) is 23.3 Å². The highest BCUT2D eigenvalue weighted by atomic mass is 79.9. The van der Waals surface area contributed by atoms with Crippen LogP contribution in [0, 0.1) is 0 Å². The average molecular weight is 493 g/mol. The predicted octanol–water partition coefficient (Wildman–Crippen LogP) is 5.02. The van der Waals surface area contributed by atoms with Gasteiger partial charge >= 0.3 is 0 Å². The first kappa shape index (κ1) is 22.0. The van der Waals surface area contributed by atoms with Crippen molar-refractivity contribution in [1.82, 2.24) is 10.3 Å². The lowest BCUT2D eigenvalue weighted by molar-refractivity contribution is 0.0950. The molecule has 164 valence electrons. The van der Waals surface area contributed by atoms with Crippen LogP contribution in [0.1, 0.15) is 45.5 Å². The van der Waals surface area contributed by atoms with E-state index in [1.54, 1.807) is 24.5 Å². The molecule has 0 spiro atoms. The van der Waals surface area contributed by atoms with E-state index >= 15 is 0 Å². The zero-order chi connectivity index (χ0) is 22.3. The molecule has 0 saturated carbocycles. The van der Waals surface area contributed by atoms with E-state index in [-0.39, 0.29) is 11.8 Å². The molecule has 1 aliphatic rings. The van der Waals surface area contributed by atoms with Crippen LogP contribution in [0.4, 0.5) is 11.4 Å². The molecule has 2 N–H and O–H groups in total. The van der Waals surface area contributed by atoms with E-state index in [0.29, 0.717) is 23.4 Å². The quantitative estimate of drug-likeness (QED) is 0.506. The molecule has 1 aromatic heterocycles. The van der Waals surface area contributed by atoms with Gasteiger partial charge in [0.05, 0.1) is 11.1 Å². The fourth-order valence-corrected chi connectivity index (χ4v) is 4.30. The van der Waals surface area contributed by atoms with Crippen LogP contribution in [0.25, 0.3) is 0 Å². The minimum absolute atomic E-state index is 0.175. The van der Waals surface area contributed by atoms with Crippen LogP contribution in [-0.2, 0) is 6.54 Å². The van der Waals surface area contributed by atoms with Gasteiger partial charge in [-0.25, -0.2) is 0 Å². The van der Waals surface area contributed by atoms with Crippen LogP contribution < -0.4 is 15.5 Å². The average Bonchev–Trinajstić information content (AvgIpc) is 2.84. The normalized spacial score (nSPS) is 13.5. The van der Waals surface area contributed by atoms with E-state index in [1.807, 2.05) is 42.5 Å². The number of benzene rings is 2. The number of carbonyl (C=O) groups is 2. The number of aromatic nitrogens is 1. The minimum Gasteiger partial charge on any atom is -0.371 e. The fourth-order valence-electron chi connectivity index (χ4n) is 3.83. The van der Waals surface area contributed by atoms with E-state index in [4.69, 9.17) is 0 Å². The highest BCUT2D eigenvalue weighted by molar-refractivity contribution is 9.10. The van der Waals surface area contributed by atoms with Gasteiger partial charge in [-0.2, -0.15) is 0 Å². The highest BCUT2D eigenvalue weighted by Crippen LogP contribution is 2.28. The van der Waals surface area contributed by atoms with Gasteiger partial charge in [-0.15, -0.1) is 0 Å². The van der Waals surface area contributed by atoms with Crippen molar-refractivity contribution < 1.29 is 9.59 Å². The van der Waals surface area contributed by atoms with E-state index in [1.165, 1.54) is 6.42 Å². The van der Waals surface area contributed by atoms with Gasteiger partial charge in [-0.05, 0) is 77.2 Å². The second-order valence-electron chi connectivity index (χ2n) is 7.76. The monoisotopic (exact) mass is 492 g/mol. The van der Waals surface area contributed by atoms with Crippen LogP contribution >= 0.6 is 15.9 Å². The summed E-state index contributed by atoms with van der Waals surface area (Å²) in [6.07, 6.45) is 6.87. The third-order valence-electron chi connectivity index (χ3n) is 5.49. The molecule has 2 heterocycles. The summed E-state index contributed by atoms with van der Waals surface area (Å²) in [4.78, 5) is 32.3. The maximum Gasteiger partial charge on any atom is 0.256 e. The number of anilines is 2. The standard InChI is InChI=1S/C25H25BrN4O2/c26-22-9-3-2-8-20(22)25(32)29-19-10-11-23(30-13-4-1-5-14-30)21(15-19)24(31)28-17-18-7-6-12-27-16-18/h2-3,6-12,15-16H,1,4-5,13-14,17H2,(H,28,31)(H,29,32). The highest BCUT2D eigenvalue weighted by Gasteiger charge is 2.20. The van der Waals surface area contributed by atoms with Crippen LogP contribution in [0.15, 0.2) is 71.5 Å². The summed E-state index contributed by atoms with van der Waals surface area (Å²) in [6.45, 7) is 2.23. The van der Waals surface area contributed by atoms with Crippen LogP contribution in [0.5, 0.6) is 0 Å². The van der Waals surface area contributed by atoms with Crippen molar-refractivity contribution in [3.8, 4) is 0 Å². The summed E-state index contributed by atoms with van der Waals surface area (Å²) in [5.41, 5.74) is 3.50. The summed E-state index contributed by atoms with van der Waals surface area (Å²) < 4.78 is 0.719. The molecular formula is C25H25BrN4O2. The Morgan fingerprint density at radius 3 is 2.50 bits per heavy atom. The summed E-state index contributed by atoms with van der Waals surface area (Å²) in [5, 5.41) is 5.91. The lowest BCUT2D eigenvalue weighted by atomic mass is 10.1. The van der Waals surface area contributed by atoms with E-state index in [9.17, 15) is 9.59 Å². The maximum absolute atomic E-state index is 13.2. The first-order valence-electron chi connectivity index (χ1n) is 10.7. The van der Waals surface area contributed by atoms with E-state index in [0.717, 1.165) is 41.7 Å². The molecule has 7 heteroatoms. The minimum atomic E-state index is -0.232. The molecular weight excluding hydrogens is 468 g/mol. The van der Waals surface area contributed by atoms with Crippen molar-refractivity contribution in [3.63, 3.8) is 0 Å². The second-order valence-corrected chi connectivity index (χ2v) is 8.61. The molecule has 3 aromatic rings. The number of nitrogens with zero attached hydrogens (tertiary/aromatic N) is 2. The zero-order valence-electron chi connectivity index (χ0n) is 17.7. The summed E-state index contributed by atoms with van der Waals surface area (Å²) in [7, 11) is 0. The largest absolute Gasteiger partial charge is 0.371 e. The molecule has 1 fully saturated rings. The number of nitrogens with one attached hydrogen (secondary N) is 2. The van der Waals surface area contributed by atoms with Crippen molar-refractivity contribution in [3.05, 3.63) is 88.2 Å².